The third-order valence-electron chi connectivity index (χ3n) is 3.57. The molecule has 0 radical (unpaired) electrons. The van der Waals surface area contributed by atoms with Crippen LogP contribution in [0, 0.1) is 6.92 Å². The molecule has 0 aliphatic heterocycles. The van der Waals surface area contributed by atoms with E-state index in [1.54, 1.807) is 0 Å². The lowest BCUT2D eigenvalue weighted by Crippen LogP contribution is -2.03. The molecular weight excluding hydrogens is 322 g/mol. The number of aryl methyl sites for hydroxylation is 1. The van der Waals surface area contributed by atoms with Crippen LogP contribution in [0.5, 0.6) is 0 Å². The number of carbonyl (C=O) groups is 1. The molecule has 0 fully saturated rings. The minimum absolute atomic E-state index is 0.0169. The number of benzene rings is 2. The number of rotatable bonds is 6. The Morgan fingerprint density at radius 1 is 1.17 bits per heavy atom. The van der Waals surface area contributed by atoms with Crippen LogP contribution < -0.4 is 0 Å². The Labute approximate surface area is 144 Å². The van der Waals surface area contributed by atoms with Crippen LogP contribution in [0.1, 0.15) is 22.8 Å². The van der Waals surface area contributed by atoms with Gasteiger partial charge in [0, 0.05) is 10.8 Å². The molecule has 0 saturated heterocycles. The molecule has 2 N–H and O–H groups in total. The summed E-state index contributed by atoms with van der Waals surface area (Å²) >= 11 is 1.35. The number of carboxylic acids is 1. The van der Waals surface area contributed by atoms with Crippen molar-refractivity contribution in [3.05, 3.63) is 65.7 Å². The summed E-state index contributed by atoms with van der Waals surface area (Å²) in [5.74, 6) is -0.162. The van der Waals surface area contributed by atoms with Gasteiger partial charge in [-0.1, -0.05) is 71.9 Å². The Bertz CT molecular complexity index is 816. The Hall–Kier alpha value is -2.60. The van der Waals surface area contributed by atoms with Gasteiger partial charge in [0.05, 0.1) is 6.42 Å². The van der Waals surface area contributed by atoms with E-state index in [4.69, 9.17) is 0 Å². The summed E-state index contributed by atoms with van der Waals surface area (Å²) in [5, 5.41) is 16.6. The second-order valence-electron chi connectivity index (χ2n) is 5.45. The van der Waals surface area contributed by atoms with Gasteiger partial charge in [0.15, 0.2) is 5.82 Å². The Kier molecular flexibility index (Phi) is 4.96. The average molecular weight is 339 g/mol. The van der Waals surface area contributed by atoms with Gasteiger partial charge in [-0.05, 0) is 12.5 Å². The maximum Gasteiger partial charge on any atom is 0.304 e. The standard InChI is InChI=1S/C18H17N3O2S/c1-12-7-9-14(10-8-12)17-19-18(21-20-17)24-15(11-16(22)23)13-5-3-2-4-6-13/h2-10,15H,11H2,1H3,(H,22,23)(H,19,20,21)/t15-/m1/s1. The summed E-state index contributed by atoms with van der Waals surface area (Å²) in [7, 11) is 0. The fourth-order valence-corrected chi connectivity index (χ4v) is 3.34. The molecule has 1 heterocycles. The van der Waals surface area contributed by atoms with Crippen LogP contribution in [0.25, 0.3) is 11.4 Å². The largest absolute Gasteiger partial charge is 0.481 e. The van der Waals surface area contributed by atoms with Crippen LogP contribution in [0.15, 0.2) is 59.8 Å². The van der Waals surface area contributed by atoms with Gasteiger partial charge >= 0.3 is 5.97 Å². The highest BCUT2D eigenvalue weighted by atomic mass is 32.2. The highest BCUT2D eigenvalue weighted by Crippen LogP contribution is 2.36. The topological polar surface area (TPSA) is 78.9 Å². The number of hydrogen-bond donors (Lipinski definition) is 2. The van der Waals surface area contributed by atoms with E-state index in [0.717, 1.165) is 11.1 Å². The summed E-state index contributed by atoms with van der Waals surface area (Å²) in [6.07, 6.45) is 0.0169. The molecule has 1 atom stereocenters. The van der Waals surface area contributed by atoms with E-state index in [2.05, 4.69) is 15.2 Å². The van der Waals surface area contributed by atoms with Crippen LogP contribution in [0.4, 0.5) is 0 Å². The summed E-state index contributed by atoms with van der Waals surface area (Å²) in [4.78, 5) is 15.7. The first kappa shape index (κ1) is 16.3. The SMILES string of the molecule is Cc1ccc(-c2nc(S[C@H](CC(=O)O)c3ccccc3)n[nH]2)cc1. The van der Waals surface area contributed by atoms with Crippen molar-refractivity contribution >= 4 is 17.7 Å². The first-order chi connectivity index (χ1) is 11.6. The molecule has 1 aromatic heterocycles. The van der Waals surface area contributed by atoms with Crippen molar-refractivity contribution in [2.24, 2.45) is 0 Å². The number of nitrogens with one attached hydrogen (secondary N) is 1. The molecule has 6 heteroatoms. The molecular formula is C18H17N3O2S. The summed E-state index contributed by atoms with van der Waals surface area (Å²) in [6.45, 7) is 2.03. The number of aromatic nitrogens is 3. The van der Waals surface area contributed by atoms with Gasteiger partial charge in [0.2, 0.25) is 5.16 Å². The van der Waals surface area contributed by atoms with E-state index in [9.17, 15) is 9.90 Å². The van der Waals surface area contributed by atoms with Gasteiger partial charge < -0.3 is 5.11 Å². The zero-order chi connectivity index (χ0) is 16.9. The number of nitrogens with zero attached hydrogens (tertiary/aromatic N) is 2. The molecule has 3 aromatic rings. The van der Waals surface area contributed by atoms with E-state index in [-0.39, 0.29) is 11.7 Å². The molecule has 0 saturated carbocycles. The van der Waals surface area contributed by atoms with Crippen LogP contribution in [-0.2, 0) is 4.79 Å². The molecule has 3 rings (SSSR count). The van der Waals surface area contributed by atoms with Crippen molar-refractivity contribution in [3.8, 4) is 11.4 Å². The number of thioether (sulfide) groups is 1. The minimum Gasteiger partial charge on any atom is -0.481 e. The van der Waals surface area contributed by atoms with Crippen molar-refractivity contribution in [3.63, 3.8) is 0 Å². The predicted octanol–water partition coefficient (Wildman–Crippen LogP) is 4.09. The van der Waals surface area contributed by atoms with Crippen molar-refractivity contribution in [1.29, 1.82) is 0 Å². The molecule has 0 aliphatic rings. The Balaban J connectivity index is 1.80. The van der Waals surface area contributed by atoms with Crippen LogP contribution in [0.2, 0.25) is 0 Å². The molecule has 5 nitrogen and oxygen atoms in total. The van der Waals surface area contributed by atoms with E-state index in [1.807, 2.05) is 61.5 Å². The molecule has 0 spiro atoms. The third-order valence-corrected chi connectivity index (χ3v) is 4.69. The van der Waals surface area contributed by atoms with Gasteiger partial charge in [-0.15, -0.1) is 5.10 Å². The zero-order valence-corrected chi connectivity index (χ0v) is 14.0. The zero-order valence-electron chi connectivity index (χ0n) is 13.1. The smallest absolute Gasteiger partial charge is 0.304 e. The first-order valence-electron chi connectivity index (χ1n) is 7.54. The maximum atomic E-state index is 11.2. The third kappa shape index (κ3) is 4.02. The summed E-state index contributed by atoms with van der Waals surface area (Å²) in [5.41, 5.74) is 3.08. The first-order valence-corrected chi connectivity index (χ1v) is 8.42. The minimum atomic E-state index is -0.842. The van der Waals surface area contributed by atoms with Crippen molar-refractivity contribution in [2.45, 2.75) is 23.8 Å². The number of carboxylic acid groups (broad SMARTS) is 1. The number of hydrogen-bond acceptors (Lipinski definition) is 4. The van der Waals surface area contributed by atoms with Crippen molar-refractivity contribution < 1.29 is 9.90 Å². The molecule has 0 aliphatic carbocycles. The van der Waals surface area contributed by atoms with E-state index < -0.39 is 5.97 Å². The van der Waals surface area contributed by atoms with Crippen molar-refractivity contribution in [1.82, 2.24) is 15.2 Å². The summed E-state index contributed by atoms with van der Waals surface area (Å²) in [6, 6.07) is 17.6. The van der Waals surface area contributed by atoms with E-state index in [1.165, 1.54) is 17.3 Å². The number of H-pyrrole nitrogens is 1. The van der Waals surface area contributed by atoms with Crippen molar-refractivity contribution in [2.75, 3.05) is 0 Å². The fourth-order valence-electron chi connectivity index (χ4n) is 2.32. The Morgan fingerprint density at radius 3 is 2.54 bits per heavy atom. The average Bonchev–Trinajstić information content (AvgIpc) is 3.04. The lowest BCUT2D eigenvalue weighted by molar-refractivity contribution is -0.137. The lowest BCUT2D eigenvalue weighted by atomic mass is 10.1. The van der Waals surface area contributed by atoms with Gasteiger partial charge in [-0.2, -0.15) is 0 Å². The lowest BCUT2D eigenvalue weighted by Gasteiger charge is -2.12. The highest BCUT2D eigenvalue weighted by molar-refractivity contribution is 7.99. The second-order valence-corrected chi connectivity index (χ2v) is 6.62. The molecule has 2 aromatic carbocycles. The molecule has 0 amide bonds. The van der Waals surface area contributed by atoms with Gasteiger partial charge in [0.1, 0.15) is 0 Å². The maximum absolute atomic E-state index is 11.2. The van der Waals surface area contributed by atoms with Crippen LogP contribution in [-0.4, -0.2) is 26.3 Å². The highest BCUT2D eigenvalue weighted by Gasteiger charge is 2.19. The van der Waals surface area contributed by atoms with E-state index >= 15 is 0 Å². The fraction of sp³-hybridized carbons (Fsp3) is 0.167. The normalized spacial score (nSPS) is 12.0. The molecule has 0 unspecified atom stereocenters. The van der Waals surface area contributed by atoms with Crippen LogP contribution in [0.3, 0.4) is 0 Å². The monoisotopic (exact) mass is 339 g/mol. The van der Waals surface area contributed by atoms with Gasteiger partial charge in [-0.3, -0.25) is 9.89 Å². The molecule has 122 valence electrons. The number of aliphatic carboxylic acids is 1. The van der Waals surface area contributed by atoms with Gasteiger partial charge in [0.25, 0.3) is 0 Å². The molecule has 24 heavy (non-hydrogen) atoms. The molecule has 0 bridgehead atoms. The Morgan fingerprint density at radius 2 is 1.88 bits per heavy atom. The summed E-state index contributed by atoms with van der Waals surface area (Å²) < 4.78 is 0. The van der Waals surface area contributed by atoms with Crippen LogP contribution >= 0.6 is 11.8 Å². The van der Waals surface area contributed by atoms with E-state index in [0.29, 0.717) is 11.0 Å². The van der Waals surface area contributed by atoms with Gasteiger partial charge in [-0.25, -0.2) is 4.98 Å². The predicted molar refractivity (Wildman–Crippen MR) is 93.8 cm³/mol. The quantitative estimate of drug-likeness (QED) is 0.661. The number of aromatic amines is 1. The second kappa shape index (κ2) is 7.31.